The Morgan fingerprint density at radius 2 is 1.81 bits per heavy atom. The highest BCUT2D eigenvalue weighted by Crippen LogP contribution is 2.61. The highest BCUT2D eigenvalue weighted by atomic mass is 16.2. The van der Waals surface area contributed by atoms with Crippen LogP contribution in [-0.4, -0.2) is 11.6 Å². The summed E-state index contributed by atoms with van der Waals surface area (Å²) in [6.45, 7) is 6.16. The molecular formula is C14H16O2. The van der Waals surface area contributed by atoms with E-state index in [-0.39, 0.29) is 34.7 Å². The summed E-state index contributed by atoms with van der Waals surface area (Å²) < 4.78 is 0. The summed E-state index contributed by atoms with van der Waals surface area (Å²) in [6.07, 6.45) is 8.16. The first-order chi connectivity index (χ1) is 7.39. The fourth-order valence-corrected chi connectivity index (χ4v) is 3.58. The lowest BCUT2D eigenvalue weighted by Gasteiger charge is -2.58. The van der Waals surface area contributed by atoms with E-state index in [9.17, 15) is 9.59 Å². The van der Waals surface area contributed by atoms with E-state index < -0.39 is 5.41 Å². The summed E-state index contributed by atoms with van der Waals surface area (Å²) in [5.41, 5.74) is -0.784. The fraction of sp³-hybridized carbons (Fsp3) is 0.571. The topological polar surface area (TPSA) is 34.1 Å². The van der Waals surface area contributed by atoms with Gasteiger partial charge in [-0.05, 0) is 11.3 Å². The summed E-state index contributed by atoms with van der Waals surface area (Å²) in [5.74, 6) is -0.00465. The molecule has 0 unspecified atom stereocenters. The van der Waals surface area contributed by atoms with Gasteiger partial charge in [0.2, 0.25) is 11.6 Å². The molecule has 0 radical (unpaired) electrons. The van der Waals surface area contributed by atoms with Gasteiger partial charge in [0.05, 0.1) is 11.3 Å². The van der Waals surface area contributed by atoms with Crippen molar-refractivity contribution in [1.29, 1.82) is 0 Å². The highest BCUT2D eigenvalue weighted by Gasteiger charge is 2.65. The maximum Gasteiger partial charge on any atom is 0.210 e. The SMILES string of the molecule is CC(C)(C)[C@@]12C=C[C@@H](C(=O)C1=O)[C@H]1C=C[C@@H]12. The van der Waals surface area contributed by atoms with Gasteiger partial charge < -0.3 is 0 Å². The van der Waals surface area contributed by atoms with Crippen LogP contribution in [0.2, 0.25) is 0 Å². The maximum atomic E-state index is 12.3. The predicted molar refractivity (Wildman–Crippen MR) is 60.7 cm³/mol. The molecule has 0 spiro atoms. The zero-order valence-electron chi connectivity index (χ0n) is 9.86. The number of carbonyl (C=O) groups is 2. The zero-order chi connectivity index (χ0) is 11.7. The minimum atomic E-state index is -0.585. The van der Waals surface area contributed by atoms with Gasteiger partial charge >= 0.3 is 0 Å². The summed E-state index contributed by atoms with van der Waals surface area (Å²) in [6, 6.07) is 0. The normalized spacial score (nSPS) is 44.6. The lowest BCUT2D eigenvalue weighted by molar-refractivity contribution is -0.157. The van der Waals surface area contributed by atoms with Gasteiger partial charge in [-0.2, -0.15) is 0 Å². The Labute approximate surface area is 95.4 Å². The van der Waals surface area contributed by atoms with E-state index in [0.717, 1.165) is 0 Å². The number of hydrogen-bond acceptors (Lipinski definition) is 2. The maximum absolute atomic E-state index is 12.3. The quantitative estimate of drug-likeness (QED) is 0.459. The van der Waals surface area contributed by atoms with Gasteiger partial charge in [-0.25, -0.2) is 0 Å². The molecule has 0 aromatic heterocycles. The van der Waals surface area contributed by atoms with Crippen LogP contribution in [-0.2, 0) is 9.59 Å². The molecule has 2 heteroatoms. The Kier molecular flexibility index (Phi) is 1.60. The molecule has 84 valence electrons. The van der Waals surface area contributed by atoms with Gasteiger partial charge in [0, 0.05) is 5.92 Å². The number of carbonyl (C=O) groups excluding carboxylic acids is 2. The number of fused-ring (bicyclic) bond motifs is 1. The van der Waals surface area contributed by atoms with E-state index in [1.165, 1.54) is 0 Å². The van der Waals surface area contributed by atoms with Crippen LogP contribution >= 0.6 is 0 Å². The smallest absolute Gasteiger partial charge is 0.210 e. The van der Waals surface area contributed by atoms with E-state index >= 15 is 0 Å². The van der Waals surface area contributed by atoms with E-state index in [2.05, 4.69) is 32.9 Å². The molecular weight excluding hydrogens is 200 g/mol. The molecule has 2 nitrogen and oxygen atoms in total. The van der Waals surface area contributed by atoms with Crippen LogP contribution in [0.3, 0.4) is 0 Å². The molecule has 1 saturated carbocycles. The number of Topliss-reactive ketones (excluding diaryl/α,β-unsaturated/α-hetero) is 2. The van der Waals surface area contributed by atoms with Gasteiger partial charge in [0.15, 0.2) is 0 Å². The Bertz CT molecular complexity index is 450. The van der Waals surface area contributed by atoms with Crippen molar-refractivity contribution in [2.24, 2.45) is 28.6 Å². The average molecular weight is 216 g/mol. The third-order valence-electron chi connectivity index (χ3n) is 4.61. The Morgan fingerprint density at radius 3 is 2.31 bits per heavy atom. The molecule has 4 rings (SSSR count). The molecule has 0 heterocycles. The Morgan fingerprint density at radius 1 is 1.12 bits per heavy atom. The predicted octanol–water partition coefficient (Wildman–Crippen LogP) is 2.16. The van der Waals surface area contributed by atoms with Crippen LogP contribution in [0.5, 0.6) is 0 Å². The van der Waals surface area contributed by atoms with Crippen LogP contribution in [0.25, 0.3) is 0 Å². The van der Waals surface area contributed by atoms with E-state index in [4.69, 9.17) is 0 Å². The van der Waals surface area contributed by atoms with E-state index in [0.29, 0.717) is 0 Å². The second-order valence-corrected chi connectivity index (χ2v) is 6.19. The first-order valence-electron chi connectivity index (χ1n) is 5.86. The number of hydrogen-bond donors (Lipinski definition) is 0. The largest absolute Gasteiger partial charge is 0.290 e. The van der Waals surface area contributed by atoms with Crippen molar-refractivity contribution in [2.45, 2.75) is 20.8 Å². The first kappa shape index (κ1) is 10.0. The van der Waals surface area contributed by atoms with Crippen LogP contribution in [0.1, 0.15) is 20.8 Å². The lowest BCUT2D eigenvalue weighted by Crippen LogP contribution is -2.63. The third kappa shape index (κ3) is 0.817. The van der Waals surface area contributed by atoms with E-state index in [1.807, 2.05) is 12.2 Å². The monoisotopic (exact) mass is 216 g/mol. The minimum absolute atomic E-state index is 0.168. The molecule has 0 aromatic carbocycles. The highest BCUT2D eigenvalue weighted by molar-refractivity contribution is 6.42. The van der Waals surface area contributed by atoms with Crippen LogP contribution in [0.15, 0.2) is 24.3 Å². The molecule has 0 amide bonds. The summed E-state index contributed by atoms with van der Waals surface area (Å²) in [7, 11) is 0. The molecule has 4 aliphatic carbocycles. The fourth-order valence-electron chi connectivity index (χ4n) is 3.58. The molecule has 1 fully saturated rings. The third-order valence-corrected chi connectivity index (χ3v) is 4.61. The van der Waals surface area contributed by atoms with E-state index in [1.54, 1.807) is 0 Å². The molecule has 4 atom stereocenters. The number of ketones is 2. The van der Waals surface area contributed by atoms with Crippen molar-refractivity contribution >= 4 is 11.6 Å². The van der Waals surface area contributed by atoms with Crippen LogP contribution < -0.4 is 0 Å². The van der Waals surface area contributed by atoms with Gasteiger partial charge in [-0.3, -0.25) is 9.59 Å². The number of rotatable bonds is 0. The molecule has 0 aromatic rings. The van der Waals surface area contributed by atoms with Crippen molar-refractivity contribution in [3.05, 3.63) is 24.3 Å². The average Bonchev–Trinajstić information content (AvgIpc) is 2.12. The number of allylic oxidation sites excluding steroid dienone is 4. The zero-order valence-corrected chi connectivity index (χ0v) is 9.86. The summed E-state index contributed by atoms with van der Waals surface area (Å²) in [5, 5.41) is 0. The first-order valence-corrected chi connectivity index (χ1v) is 5.86. The van der Waals surface area contributed by atoms with Gasteiger partial charge in [0.1, 0.15) is 0 Å². The second kappa shape index (κ2) is 2.55. The van der Waals surface area contributed by atoms with Crippen molar-refractivity contribution in [1.82, 2.24) is 0 Å². The van der Waals surface area contributed by atoms with Crippen molar-refractivity contribution in [3.63, 3.8) is 0 Å². The molecule has 0 N–H and O–H groups in total. The van der Waals surface area contributed by atoms with Crippen LogP contribution in [0.4, 0.5) is 0 Å². The lowest BCUT2D eigenvalue weighted by atomic mass is 9.43. The van der Waals surface area contributed by atoms with Crippen molar-refractivity contribution < 1.29 is 9.59 Å². The minimum Gasteiger partial charge on any atom is -0.290 e. The standard InChI is InChI=1S/C14H16O2/c1-13(2,3)14-7-6-9(11(15)12(14)16)8-4-5-10(8)14/h4-10H,1-3H3/t8-,9-,10+,14-/m1/s1. The van der Waals surface area contributed by atoms with Crippen LogP contribution in [0, 0.1) is 28.6 Å². The van der Waals surface area contributed by atoms with Gasteiger partial charge in [-0.1, -0.05) is 45.1 Å². The Hall–Kier alpha value is -1.18. The van der Waals surface area contributed by atoms with Crippen molar-refractivity contribution in [2.75, 3.05) is 0 Å². The molecule has 0 aliphatic heterocycles. The molecule has 2 bridgehead atoms. The van der Waals surface area contributed by atoms with Crippen molar-refractivity contribution in [3.8, 4) is 0 Å². The second-order valence-electron chi connectivity index (χ2n) is 6.19. The molecule has 0 saturated heterocycles. The van der Waals surface area contributed by atoms with Gasteiger partial charge in [0.25, 0.3) is 0 Å². The molecule has 4 aliphatic rings. The summed E-state index contributed by atoms with van der Waals surface area (Å²) >= 11 is 0. The Balaban J connectivity index is 2.25. The molecule has 16 heavy (non-hydrogen) atoms. The van der Waals surface area contributed by atoms with Gasteiger partial charge in [-0.15, -0.1) is 0 Å². The summed E-state index contributed by atoms with van der Waals surface area (Å²) in [4.78, 5) is 24.3.